The van der Waals surface area contributed by atoms with E-state index in [0.29, 0.717) is 13.0 Å². The molecule has 1 amide bonds. The van der Waals surface area contributed by atoms with Gasteiger partial charge in [-0.3, -0.25) is 4.79 Å². The van der Waals surface area contributed by atoms with Crippen molar-refractivity contribution in [3.63, 3.8) is 0 Å². The van der Waals surface area contributed by atoms with Crippen LogP contribution >= 0.6 is 0 Å². The summed E-state index contributed by atoms with van der Waals surface area (Å²) < 4.78 is 11.1. The normalized spacial score (nSPS) is 24.1. The minimum atomic E-state index is 0.116. The fraction of sp³-hybridized carbons (Fsp3) is 0.722. The molecule has 0 aliphatic carbocycles. The molecule has 3 aliphatic heterocycles. The minimum absolute atomic E-state index is 0.116. The molecule has 3 aliphatic rings. The third-order valence-corrected chi connectivity index (χ3v) is 5.27. The summed E-state index contributed by atoms with van der Waals surface area (Å²) in [5.74, 6) is 0.999. The molecule has 7 heteroatoms. The lowest BCUT2D eigenvalue weighted by Crippen LogP contribution is -2.50. The Morgan fingerprint density at radius 1 is 1.20 bits per heavy atom. The van der Waals surface area contributed by atoms with E-state index in [-0.39, 0.29) is 12.0 Å². The fourth-order valence-electron chi connectivity index (χ4n) is 3.72. The van der Waals surface area contributed by atoms with Gasteiger partial charge in [0.25, 0.3) is 0 Å². The molecule has 25 heavy (non-hydrogen) atoms. The van der Waals surface area contributed by atoms with E-state index in [4.69, 9.17) is 14.5 Å². The van der Waals surface area contributed by atoms with E-state index in [1.165, 1.54) is 6.42 Å². The first-order valence-corrected chi connectivity index (χ1v) is 9.36. The standard InChI is InChI=1S/C18H26N4O3/c23-17(11-15-3-1-2-9-25-15)21-5-7-22(8-6-21)18-19-12-14-13-24-10-4-16(14)20-18/h12,15H,1-11,13H2/t15-/m1/s1. The molecule has 1 aromatic rings. The van der Waals surface area contributed by atoms with Crippen LogP contribution in [0.25, 0.3) is 0 Å². The first kappa shape index (κ1) is 16.7. The number of piperazine rings is 1. The lowest BCUT2D eigenvalue weighted by molar-refractivity contribution is -0.135. The summed E-state index contributed by atoms with van der Waals surface area (Å²) in [7, 11) is 0. The summed E-state index contributed by atoms with van der Waals surface area (Å²) >= 11 is 0. The molecule has 0 saturated carbocycles. The summed E-state index contributed by atoms with van der Waals surface area (Å²) in [6, 6.07) is 0. The number of ether oxygens (including phenoxy) is 2. The third-order valence-electron chi connectivity index (χ3n) is 5.27. The Morgan fingerprint density at radius 2 is 2.08 bits per heavy atom. The predicted molar refractivity (Wildman–Crippen MR) is 92.4 cm³/mol. The van der Waals surface area contributed by atoms with Crippen LogP contribution in [0.3, 0.4) is 0 Å². The zero-order valence-electron chi connectivity index (χ0n) is 14.7. The second kappa shape index (κ2) is 7.66. The molecule has 0 spiro atoms. The van der Waals surface area contributed by atoms with Gasteiger partial charge in [-0.1, -0.05) is 0 Å². The smallest absolute Gasteiger partial charge is 0.225 e. The van der Waals surface area contributed by atoms with Gasteiger partial charge in [0.1, 0.15) is 0 Å². The number of carbonyl (C=O) groups is 1. The van der Waals surface area contributed by atoms with E-state index in [0.717, 1.165) is 75.9 Å². The molecule has 1 atom stereocenters. The average Bonchev–Trinajstić information content (AvgIpc) is 2.68. The van der Waals surface area contributed by atoms with E-state index in [1.54, 1.807) is 0 Å². The maximum Gasteiger partial charge on any atom is 0.225 e. The zero-order chi connectivity index (χ0) is 17.1. The van der Waals surface area contributed by atoms with Crippen LogP contribution in [-0.2, 0) is 27.3 Å². The highest BCUT2D eigenvalue weighted by Crippen LogP contribution is 2.20. The van der Waals surface area contributed by atoms with E-state index in [2.05, 4.69) is 9.88 Å². The molecular weight excluding hydrogens is 320 g/mol. The number of carbonyl (C=O) groups excluding carboxylic acids is 1. The van der Waals surface area contributed by atoms with Crippen LogP contribution in [0.5, 0.6) is 0 Å². The molecule has 0 aromatic carbocycles. The van der Waals surface area contributed by atoms with Crippen LogP contribution < -0.4 is 4.90 Å². The second-order valence-electron chi connectivity index (χ2n) is 7.01. The summed E-state index contributed by atoms with van der Waals surface area (Å²) in [4.78, 5) is 25.8. The molecule has 7 nitrogen and oxygen atoms in total. The fourth-order valence-corrected chi connectivity index (χ4v) is 3.72. The van der Waals surface area contributed by atoms with Crippen LogP contribution in [0.1, 0.15) is 36.9 Å². The highest BCUT2D eigenvalue weighted by atomic mass is 16.5. The Bertz CT molecular complexity index is 610. The summed E-state index contributed by atoms with van der Waals surface area (Å²) in [6.45, 7) is 5.17. The van der Waals surface area contributed by atoms with Crippen LogP contribution in [0.2, 0.25) is 0 Å². The zero-order valence-corrected chi connectivity index (χ0v) is 14.7. The first-order valence-electron chi connectivity index (χ1n) is 9.36. The Kier molecular flexibility index (Phi) is 5.12. The number of rotatable bonds is 3. The maximum absolute atomic E-state index is 12.5. The van der Waals surface area contributed by atoms with Crippen molar-refractivity contribution in [1.29, 1.82) is 0 Å². The van der Waals surface area contributed by atoms with Gasteiger partial charge in [-0.2, -0.15) is 0 Å². The molecule has 0 bridgehead atoms. The molecule has 1 aromatic heterocycles. The van der Waals surface area contributed by atoms with Crippen LogP contribution in [0.15, 0.2) is 6.20 Å². The average molecular weight is 346 g/mol. The Labute approximate surface area is 148 Å². The van der Waals surface area contributed by atoms with Gasteiger partial charge in [0.05, 0.1) is 31.4 Å². The lowest BCUT2D eigenvalue weighted by atomic mass is 10.1. The quantitative estimate of drug-likeness (QED) is 0.818. The van der Waals surface area contributed by atoms with Gasteiger partial charge in [0.15, 0.2) is 0 Å². The SMILES string of the molecule is O=C(C[C@H]1CCCCO1)N1CCN(c2ncc3c(n2)CCOC3)CC1. The molecule has 2 fully saturated rings. The first-order chi connectivity index (χ1) is 12.3. The Hall–Kier alpha value is -1.73. The predicted octanol–water partition coefficient (Wildman–Crippen LogP) is 1.16. The molecular formula is C18H26N4O3. The Morgan fingerprint density at radius 3 is 2.88 bits per heavy atom. The molecule has 136 valence electrons. The third kappa shape index (κ3) is 3.93. The van der Waals surface area contributed by atoms with Gasteiger partial charge in [0, 0.05) is 51.0 Å². The van der Waals surface area contributed by atoms with E-state index in [1.807, 2.05) is 11.1 Å². The van der Waals surface area contributed by atoms with E-state index in [9.17, 15) is 4.79 Å². The highest BCUT2D eigenvalue weighted by molar-refractivity contribution is 5.77. The van der Waals surface area contributed by atoms with Crippen molar-refractivity contribution >= 4 is 11.9 Å². The van der Waals surface area contributed by atoms with Gasteiger partial charge in [-0.25, -0.2) is 9.97 Å². The lowest BCUT2D eigenvalue weighted by Gasteiger charge is -2.36. The maximum atomic E-state index is 12.5. The Balaban J connectivity index is 1.31. The highest BCUT2D eigenvalue weighted by Gasteiger charge is 2.26. The van der Waals surface area contributed by atoms with Gasteiger partial charge in [-0.15, -0.1) is 0 Å². The minimum Gasteiger partial charge on any atom is -0.378 e. The van der Waals surface area contributed by atoms with Crippen molar-refractivity contribution in [2.24, 2.45) is 0 Å². The van der Waals surface area contributed by atoms with Gasteiger partial charge in [0.2, 0.25) is 11.9 Å². The molecule has 0 radical (unpaired) electrons. The van der Waals surface area contributed by atoms with Crippen LogP contribution in [0.4, 0.5) is 5.95 Å². The molecule has 4 rings (SSSR count). The number of nitrogens with zero attached hydrogens (tertiary/aromatic N) is 4. The number of fused-ring (bicyclic) bond motifs is 1. The topological polar surface area (TPSA) is 67.8 Å². The van der Waals surface area contributed by atoms with Crippen molar-refractivity contribution in [2.75, 3.05) is 44.3 Å². The molecule has 0 N–H and O–H groups in total. The number of anilines is 1. The van der Waals surface area contributed by atoms with Crippen molar-refractivity contribution in [3.05, 3.63) is 17.5 Å². The number of hydrogen-bond acceptors (Lipinski definition) is 6. The number of hydrogen-bond donors (Lipinski definition) is 0. The summed E-state index contributed by atoms with van der Waals surface area (Å²) in [5.41, 5.74) is 2.19. The van der Waals surface area contributed by atoms with Crippen molar-refractivity contribution < 1.29 is 14.3 Å². The molecule has 4 heterocycles. The van der Waals surface area contributed by atoms with E-state index >= 15 is 0 Å². The largest absolute Gasteiger partial charge is 0.378 e. The number of amides is 1. The monoisotopic (exact) mass is 346 g/mol. The van der Waals surface area contributed by atoms with Crippen LogP contribution in [-0.4, -0.2) is 66.3 Å². The van der Waals surface area contributed by atoms with Gasteiger partial charge < -0.3 is 19.3 Å². The number of aromatic nitrogens is 2. The molecule has 0 unspecified atom stereocenters. The van der Waals surface area contributed by atoms with Crippen molar-refractivity contribution in [1.82, 2.24) is 14.9 Å². The summed E-state index contributed by atoms with van der Waals surface area (Å²) in [5, 5.41) is 0. The molecule has 2 saturated heterocycles. The van der Waals surface area contributed by atoms with Gasteiger partial charge >= 0.3 is 0 Å². The summed E-state index contributed by atoms with van der Waals surface area (Å²) in [6.07, 6.45) is 6.68. The van der Waals surface area contributed by atoms with E-state index < -0.39 is 0 Å². The van der Waals surface area contributed by atoms with Crippen LogP contribution in [0, 0.1) is 0 Å². The van der Waals surface area contributed by atoms with Crippen molar-refractivity contribution in [3.8, 4) is 0 Å². The van der Waals surface area contributed by atoms with Gasteiger partial charge in [-0.05, 0) is 19.3 Å². The second-order valence-corrected chi connectivity index (χ2v) is 7.01. The van der Waals surface area contributed by atoms with Crippen molar-refractivity contribution in [2.45, 2.75) is 44.8 Å².